The van der Waals surface area contributed by atoms with Crippen LogP contribution in [0.25, 0.3) is 10.9 Å². The van der Waals surface area contributed by atoms with Crippen molar-refractivity contribution in [2.24, 2.45) is 0 Å². The molecule has 32 heavy (non-hydrogen) atoms. The van der Waals surface area contributed by atoms with E-state index in [4.69, 9.17) is 16.3 Å². The van der Waals surface area contributed by atoms with Crippen LogP contribution in [0.4, 0.5) is 4.39 Å². The summed E-state index contributed by atoms with van der Waals surface area (Å²) in [7, 11) is 1.31. The van der Waals surface area contributed by atoms with Crippen LogP contribution in [-0.2, 0) is 17.8 Å². The number of carbonyl (C=O) groups is 2. The van der Waals surface area contributed by atoms with E-state index in [0.29, 0.717) is 23.2 Å². The number of fused-ring (bicyclic) bond motifs is 1. The van der Waals surface area contributed by atoms with Gasteiger partial charge in [-0.3, -0.25) is 4.79 Å². The van der Waals surface area contributed by atoms with Crippen molar-refractivity contribution in [3.05, 3.63) is 106 Å². The van der Waals surface area contributed by atoms with E-state index in [1.807, 2.05) is 30.3 Å². The molecule has 1 heterocycles. The number of carbonyl (C=O) groups excluding carboxylic acids is 2. The van der Waals surface area contributed by atoms with Crippen LogP contribution < -0.4 is 5.32 Å². The summed E-state index contributed by atoms with van der Waals surface area (Å²) < 4.78 is 20.2. The van der Waals surface area contributed by atoms with E-state index in [2.05, 4.69) is 5.32 Å². The van der Waals surface area contributed by atoms with Crippen molar-refractivity contribution in [3.63, 3.8) is 0 Å². The van der Waals surface area contributed by atoms with Crippen LogP contribution in [0.15, 0.2) is 72.8 Å². The lowest BCUT2D eigenvalue weighted by atomic mass is 10.1. The summed E-state index contributed by atoms with van der Waals surface area (Å²) in [5.41, 5.74) is 3.27. The van der Waals surface area contributed by atoms with E-state index in [1.54, 1.807) is 34.9 Å². The van der Waals surface area contributed by atoms with E-state index in [9.17, 15) is 14.0 Å². The Bertz CT molecular complexity index is 1300. The molecule has 1 N–H and O–H groups in total. The van der Waals surface area contributed by atoms with Gasteiger partial charge in [-0.25, -0.2) is 9.18 Å². The molecule has 0 fully saturated rings. The molecule has 0 spiro atoms. The van der Waals surface area contributed by atoms with Gasteiger partial charge in [-0.05, 0) is 47.5 Å². The lowest BCUT2D eigenvalue weighted by Crippen LogP contribution is -2.22. The summed E-state index contributed by atoms with van der Waals surface area (Å²) in [6, 6.07) is 21.0. The molecule has 1 amide bonds. The topological polar surface area (TPSA) is 60.3 Å². The molecule has 0 aliphatic rings. The van der Waals surface area contributed by atoms with Gasteiger partial charge in [0, 0.05) is 29.6 Å². The lowest BCUT2D eigenvalue weighted by Gasteiger charge is -2.11. The van der Waals surface area contributed by atoms with E-state index < -0.39 is 11.8 Å². The number of rotatable bonds is 6. The summed E-state index contributed by atoms with van der Waals surface area (Å²) in [5.74, 6) is -1.23. The predicted molar refractivity (Wildman–Crippen MR) is 121 cm³/mol. The van der Waals surface area contributed by atoms with Gasteiger partial charge in [0.25, 0.3) is 5.91 Å². The van der Waals surface area contributed by atoms with Gasteiger partial charge >= 0.3 is 5.97 Å². The highest BCUT2D eigenvalue weighted by atomic mass is 35.5. The maximum Gasteiger partial charge on any atom is 0.354 e. The standard InChI is InChI=1S/C25H20ClFN2O3/c1-32-25(31)23-13-19-12-18(24(30)28-14-16-5-3-2-4-6-16)8-10-22(19)29(23)15-17-7-9-21(27)20(26)11-17/h2-13H,14-15H2,1H3,(H,28,30). The number of ether oxygens (including phenoxy) is 1. The van der Waals surface area contributed by atoms with Crippen LogP contribution in [0.1, 0.15) is 32.0 Å². The number of benzene rings is 3. The third kappa shape index (κ3) is 4.50. The number of esters is 1. The Hall–Kier alpha value is -3.64. The van der Waals surface area contributed by atoms with Crippen molar-refractivity contribution in [2.75, 3.05) is 7.11 Å². The molecule has 0 radical (unpaired) electrons. The van der Waals surface area contributed by atoms with E-state index in [0.717, 1.165) is 16.6 Å². The Morgan fingerprint density at radius 2 is 1.78 bits per heavy atom. The van der Waals surface area contributed by atoms with Crippen molar-refractivity contribution in [2.45, 2.75) is 13.1 Å². The maximum absolute atomic E-state index is 13.5. The average molecular weight is 451 g/mol. The van der Waals surface area contributed by atoms with Crippen LogP contribution in [0.3, 0.4) is 0 Å². The fourth-order valence-corrected chi connectivity index (χ4v) is 3.76. The molecule has 0 aliphatic carbocycles. The molecule has 0 aliphatic heterocycles. The number of amides is 1. The second-order valence-electron chi connectivity index (χ2n) is 7.30. The quantitative estimate of drug-likeness (QED) is 0.411. The summed E-state index contributed by atoms with van der Waals surface area (Å²) >= 11 is 5.91. The van der Waals surface area contributed by atoms with Gasteiger partial charge in [0.05, 0.1) is 12.1 Å². The minimum atomic E-state index is -0.510. The van der Waals surface area contributed by atoms with Gasteiger partial charge in [0.15, 0.2) is 0 Å². The Labute approximate surface area is 189 Å². The van der Waals surface area contributed by atoms with Crippen LogP contribution in [0, 0.1) is 5.82 Å². The summed E-state index contributed by atoms with van der Waals surface area (Å²) in [4.78, 5) is 25.0. The lowest BCUT2D eigenvalue weighted by molar-refractivity contribution is 0.0589. The first kappa shape index (κ1) is 21.6. The second kappa shape index (κ2) is 9.24. The van der Waals surface area contributed by atoms with E-state index in [1.165, 1.54) is 19.2 Å². The zero-order chi connectivity index (χ0) is 22.7. The zero-order valence-corrected chi connectivity index (χ0v) is 18.0. The Kier molecular flexibility index (Phi) is 6.23. The normalized spacial score (nSPS) is 10.8. The van der Waals surface area contributed by atoms with Crippen LogP contribution in [0.5, 0.6) is 0 Å². The fourth-order valence-electron chi connectivity index (χ4n) is 3.56. The monoisotopic (exact) mass is 450 g/mol. The first-order chi connectivity index (χ1) is 15.5. The van der Waals surface area contributed by atoms with Crippen LogP contribution in [-0.4, -0.2) is 23.6 Å². The highest BCUT2D eigenvalue weighted by molar-refractivity contribution is 6.30. The number of hydrogen-bond donors (Lipinski definition) is 1. The molecule has 5 nitrogen and oxygen atoms in total. The third-order valence-corrected chi connectivity index (χ3v) is 5.47. The van der Waals surface area contributed by atoms with Gasteiger partial charge in [-0.2, -0.15) is 0 Å². The first-order valence-corrected chi connectivity index (χ1v) is 10.3. The van der Waals surface area contributed by atoms with Gasteiger partial charge in [-0.1, -0.05) is 48.0 Å². The number of methoxy groups -OCH3 is 1. The maximum atomic E-state index is 13.5. The second-order valence-corrected chi connectivity index (χ2v) is 7.70. The van der Waals surface area contributed by atoms with E-state index in [-0.39, 0.29) is 17.5 Å². The van der Waals surface area contributed by atoms with Crippen molar-refractivity contribution < 1.29 is 18.7 Å². The van der Waals surface area contributed by atoms with Gasteiger partial charge in [0.2, 0.25) is 0 Å². The Morgan fingerprint density at radius 1 is 1.00 bits per heavy atom. The highest BCUT2D eigenvalue weighted by Crippen LogP contribution is 2.25. The number of hydrogen-bond acceptors (Lipinski definition) is 3. The molecule has 1 aromatic heterocycles. The molecule has 0 saturated carbocycles. The van der Waals surface area contributed by atoms with Crippen molar-refractivity contribution >= 4 is 34.4 Å². The third-order valence-electron chi connectivity index (χ3n) is 5.18. The van der Waals surface area contributed by atoms with Crippen molar-refractivity contribution in [3.8, 4) is 0 Å². The van der Waals surface area contributed by atoms with Crippen LogP contribution >= 0.6 is 11.6 Å². The largest absolute Gasteiger partial charge is 0.464 e. The minimum Gasteiger partial charge on any atom is -0.464 e. The number of nitrogens with one attached hydrogen (secondary N) is 1. The molecule has 7 heteroatoms. The molecule has 4 aromatic rings. The Morgan fingerprint density at radius 3 is 2.50 bits per heavy atom. The van der Waals surface area contributed by atoms with Crippen molar-refractivity contribution in [1.29, 1.82) is 0 Å². The Balaban J connectivity index is 1.65. The smallest absolute Gasteiger partial charge is 0.354 e. The molecule has 0 saturated heterocycles. The molecular formula is C25H20ClFN2O3. The number of aromatic nitrogens is 1. The SMILES string of the molecule is COC(=O)c1cc2cc(C(=O)NCc3ccccc3)ccc2n1Cc1ccc(F)c(Cl)c1. The molecule has 0 bridgehead atoms. The van der Waals surface area contributed by atoms with Crippen molar-refractivity contribution in [1.82, 2.24) is 9.88 Å². The summed E-state index contributed by atoms with van der Waals surface area (Å²) in [6.07, 6.45) is 0. The minimum absolute atomic E-state index is 0.0101. The van der Waals surface area contributed by atoms with Gasteiger partial charge < -0.3 is 14.6 Å². The van der Waals surface area contributed by atoms with E-state index >= 15 is 0 Å². The number of halogens is 2. The molecular weight excluding hydrogens is 431 g/mol. The number of nitrogens with zero attached hydrogens (tertiary/aromatic N) is 1. The molecule has 4 rings (SSSR count). The molecule has 0 unspecified atom stereocenters. The molecule has 3 aromatic carbocycles. The fraction of sp³-hybridized carbons (Fsp3) is 0.120. The van der Waals surface area contributed by atoms with Gasteiger partial charge in [-0.15, -0.1) is 0 Å². The van der Waals surface area contributed by atoms with Gasteiger partial charge in [0.1, 0.15) is 11.5 Å². The summed E-state index contributed by atoms with van der Waals surface area (Å²) in [5, 5.41) is 3.62. The average Bonchev–Trinajstić information content (AvgIpc) is 3.17. The highest BCUT2D eigenvalue weighted by Gasteiger charge is 2.18. The molecule has 0 atom stereocenters. The zero-order valence-electron chi connectivity index (χ0n) is 17.3. The first-order valence-electron chi connectivity index (χ1n) is 9.94. The predicted octanol–water partition coefficient (Wildman–Crippen LogP) is 5.20. The molecule has 162 valence electrons. The van der Waals surface area contributed by atoms with Crippen LogP contribution in [0.2, 0.25) is 5.02 Å². The summed E-state index contributed by atoms with van der Waals surface area (Å²) in [6.45, 7) is 0.699.